The lowest BCUT2D eigenvalue weighted by Crippen LogP contribution is -2.41. The second kappa shape index (κ2) is 8.21. The summed E-state index contributed by atoms with van der Waals surface area (Å²) in [5, 5.41) is 8.74. The largest absolute Gasteiger partial charge is 0.376 e. The number of hydrogen-bond acceptors (Lipinski definition) is 4. The van der Waals surface area contributed by atoms with Gasteiger partial charge in [0.15, 0.2) is 0 Å². The first-order chi connectivity index (χ1) is 12.1. The Labute approximate surface area is 154 Å². The van der Waals surface area contributed by atoms with Crippen LogP contribution in [0.3, 0.4) is 0 Å². The number of carbonyl (C=O) groups excluding carboxylic acids is 3. The molecule has 0 heterocycles. The van der Waals surface area contributed by atoms with Gasteiger partial charge in [0.25, 0.3) is 0 Å². The van der Waals surface area contributed by atoms with E-state index in [-0.39, 0.29) is 36.9 Å². The molecular weight excluding hydrogens is 332 g/mol. The molecule has 0 atom stereocenters. The molecule has 142 valence electrons. The number of benzene rings is 1. The monoisotopic (exact) mass is 360 g/mol. The van der Waals surface area contributed by atoms with Crippen LogP contribution in [0.4, 0.5) is 11.4 Å². The van der Waals surface area contributed by atoms with E-state index in [0.717, 1.165) is 18.5 Å². The van der Waals surface area contributed by atoms with Gasteiger partial charge >= 0.3 is 0 Å². The number of rotatable bonds is 7. The quantitative estimate of drug-likeness (QED) is 0.692. The normalized spacial score (nSPS) is 13.7. The molecule has 0 radical (unpaired) electrons. The molecule has 1 fully saturated rings. The standard InChI is InChI=1S/C19H28N4O3/c1-19(2,3)18(26)22-15-7-5-6-14(10-15)20-11-17(25)23(4)12-16(24)21-13-8-9-13/h5-7,10,13,20H,8-9,11-12H2,1-4H3,(H,21,24)(H,22,26). The first-order valence-electron chi connectivity index (χ1n) is 8.84. The molecule has 1 saturated carbocycles. The summed E-state index contributed by atoms with van der Waals surface area (Å²) >= 11 is 0. The Kier molecular flexibility index (Phi) is 6.23. The smallest absolute Gasteiger partial charge is 0.242 e. The summed E-state index contributed by atoms with van der Waals surface area (Å²) in [4.78, 5) is 37.4. The highest BCUT2D eigenvalue weighted by Crippen LogP contribution is 2.20. The van der Waals surface area contributed by atoms with Crippen LogP contribution in [0.1, 0.15) is 33.6 Å². The molecule has 3 amide bonds. The summed E-state index contributed by atoms with van der Waals surface area (Å²) in [5.74, 6) is -0.387. The van der Waals surface area contributed by atoms with Crippen molar-refractivity contribution in [1.29, 1.82) is 0 Å². The van der Waals surface area contributed by atoms with Gasteiger partial charge < -0.3 is 20.9 Å². The van der Waals surface area contributed by atoms with Crippen LogP contribution in [0.25, 0.3) is 0 Å². The van der Waals surface area contributed by atoms with Crippen LogP contribution in [0.5, 0.6) is 0 Å². The van der Waals surface area contributed by atoms with Crippen molar-refractivity contribution in [2.75, 3.05) is 30.8 Å². The van der Waals surface area contributed by atoms with Gasteiger partial charge in [-0.25, -0.2) is 0 Å². The predicted molar refractivity (Wildman–Crippen MR) is 102 cm³/mol. The second-order valence-corrected chi connectivity index (χ2v) is 7.73. The fraction of sp³-hybridized carbons (Fsp3) is 0.526. The van der Waals surface area contributed by atoms with Crippen LogP contribution in [0, 0.1) is 5.41 Å². The third-order valence-corrected chi connectivity index (χ3v) is 3.99. The highest BCUT2D eigenvalue weighted by Gasteiger charge is 2.24. The third-order valence-electron chi connectivity index (χ3n) is 3.99. The number of nitrogens with zero attached hydrogens (tertiary/aromatic N) is 1. The molecule has 0 bridgehead atoms. The van der Waals surface area contributed by atoms with E-state index in [0.29, 0.717) is 5.69 Å². The highest BCUT2D eigenvalue weighted by atomic mass is 16.2. The van der Waals surface area contributed by atoms with E-state index in [1.165, 1.54) is 4.90 Å². The molecule has 0 aromatic heterocycles. The van der Waals surface area contributed by atoms with Gasteiger partial charge in [-0.1, -0.05) is 26.8 Å². The summed E-state index contributed by atoms with van der Waals surface area (Å²) in [6.45, 7) is 5.66. The Morgan fingerprint density at radius 1 is 1.15 bits per heavy atom. The Morgan fingerprint density at radius 3 is 2.42 bits per heavy atom. The lowest BCUT2D eigenvalue weighted by molar-refractivity contribution is -0.133. The van der Waals surface area contributed by atoms with Crippen LogP contribution in [-0.2, 0) is 14.4 Å². The van der Waals surface area contributed by atoms with Crippen LogP contribution >= 0.6 is 0 Å². The van der Waals surface area contributed by atoms with E-state index in [2.05, 4.69) is 16.0 Å². The van der Waals surface area contributed by atoms with Gasteiger partial charge in [-0.3, -0.25) is 14.4 Å². The van der Waals surface area contributed by atoms with Gasteiger partial charge in [0.2, 0.25) is 17.7 Å². The number of hydrogen-bond donors (Lipinski definition) is 3. The number of anilines is 2. The first-order valence-corrected chi connectivity index (χ1v) is 8.84. The number of nitrogens with one attached hydrogen (secondary N) is 3. The fourth-order valence-electron chi connectivity index (χ4n) is 2.14. The Hall–Kier alpha value is -2.57. The Morgan fingerprint density at radius 2 is 1.81 bits per heavy atom. The maximum atomic E-state index is 12.2. The van der Waals surface area contributed by atoms with Gasteiger partial charge in [-0.05, 0) is 31.0 Å². The number of likely N-dealkylation sites (N-methyl/N-ethyl adjacent to an activating group) is 1. The van der Waals surface area contributed by atoms with Crippen molar-refractivity contribution in [2.24, 2.45) is 5.41 Å². The van der Waals surface area contributed by atoms with Gasteiger partial charge in [-0.15, -0.1) is 0 Å². The molecule has 1 aliphatic rings. The zero-order chi connectivity index (χ0) is 19.3. The molecule has 3 N–H and O–H groups in total. The molecule has 1 aromatic carbocycles. The topological polar surface area (TPSA) is 90.5 Å². The third kappa shape index (κ3) is 6.38. The van der Waals surface area contributed by atoms with Crippen molar-refractivity contribution in [1.82, 2.24) is 10.2 Å². The van der Waals surface area contributed by atoms with Gasteiger partial charge in [0.1, 0.15) is 0 Å². The van der Waals surface area contributed by atoms with E-state index >= 15 is 0 Å². The van der Waals surface area contributed by atoms with Crippen LogP contribution in [-0.4, -0.2) is 48.8 Å². The zero-order valence-corrected chi connectivity index (χ0v) is 15.9. The maximum absolute atomic E-state index is 12.2. The SMILES string of the molecule is CN(CC(=O)NC1CC1)C(=O)CNc1cccc(NC(=O)C(C)(C)C)c1. The predicted octanol–water partition coefficient (Wildman–Crippen LogP) is 1.82. The molecule has 26 heavy (non-hydrogen) atoms. The Balaban J connectivity index is 1.82. The van der Waals surface area contributed by atoms with E-state index in [9.17, 15) is 14.4 Å². The molecule has 1 aliphatic carbocycles. The summed E-state index contributed by atoms with van der Waals surface area (Å²) in [5.41, 5.74) is 0.906. The van der Waals surface area contributed by atoms with Crippen molar-refractivity contribution in [3.05, 3.63) is 24.3 Å². The van der Waals surface area contributed by atoms with Gasteiger partial charge in [0, 0.05) is 29.9 Å². The lowest BCUT2D eigenvalue weighted by Gasteiger charge is -2.19. The fourth-order valence-corrected chi connectivity index (χ4v) is 2.14. The summed E-state index contributed by atoms with van der Waals surface area (Å²) in [6.07, 6.45) is 2.04. The van der Waals surface area contributed by atoms with Crippen molar-refractivity contribution in [3.63, 3.8) is 0 Å². The molecular formula is C19H28N4O3. The average molecular weight is 360 g/mol. The average Bonchev–Trinajstić information content (AvgIpc) is 3.35. The van der Waals surface area contributed by atoms with Crippen molar-refractivity contribution < 1.29 is 14.4 Å². The minimum atomic E-state index is -0.483. The summed E-state index contributed by atoms with van der Waals surface area (Å²) in [6, 6.07) is 7.48. The van der Waals surface area contributed by atoms with Crippen LogP contribution in [0.15, 0.2) is 24.3 Å². The molecule has 7 heteroatoms. The summed E-state index contributed by atoms with van der Waals surface area (Å²) in [7, 11) is 1.61. The van der Waals surface area contributed by atoms with Crippen molar-refractivity contribution in [3.8, 4) is 0 Å². The molecule has 0 unspecified atom stereocenters. The van der Waals surface area contributed by atoms with E-state index in [4.69, 9.17) is 0 Å². The van der Waals surface area contributed by atoms with Gasteiger partial charge in [-0.2, -0.15) is 0 Å². The molecule has 0 spiro atoms. The van der Waals surface area contributed by atoms with E-state index in [1.807, 2.05) is 26.8 Å². The van der Waals surface area contributed by atoms with E-state index in [1.54, 1.807) is 25.2 Å². The van der Waals surface area contributed by atoms with Crippen molar-refractivity contribution in [2.45, 2.75) is 39.7 Å². The van der Waals surface area contributed by atoms with E-state index < -0.39 is 5.41 Å². The number of carbonyl (C=O) groups is 3. The zero-order valence-electron chi connectivity index (χ0n) is 15.9. The molecule has 2 rings (SSSR count). The minimum absolute atomic E-state index is 0.0543. The molecule has 1 aromatic rings. The highest BCUT2D eigenvalue weighted by molar-refractivity contribution is 5.95. The molecule has 0 aliphatic heterocycles. The minimum Gasteiger partial charge on any atom is -0.376 e. The number of amides is 3. The first kappa shape index (κ1) is 19.8. The van der Waals surface area contributed by atoms with Crippen LogP contribution < -0.4 is 16.0 Å². The Bertz CT molecular complexity index is 678. The van der Waals surface area contributed by atoms with Crippen LogP contribution in [0.2, 0.25) is 0 Å². The lowest BCUT2D eigenvalue weighted by atomic mass is 9.95. The molecule has 7 nitrogen and oxygen atoms in total. The van der Waals surface area contributed by atoms with Gasteiger partial charge in [0.05, 0.1) is 13.1 Å². The summed E-state index contributed by atoms with van der Waals surface area (Å²) < 4.78 is 0. The second-order valence-electron chi connectivity index (χ2n) is 7.73. The molecule has 0 saturated heterocycles. The van der Waals surface area contributed by atoms with Crippen molar-refractivity contribution >= 4 is 29.1 Å². The maximum Gasteiger partial charge on any atom is 0.242 e.